The molecule has 3 rings (SSSR count). The zero-order chi connectivity index (χ0) is 16.7. The van der Waals surface area contributed by atoms with Crippen molar-refractivity contribution < 1.29 is 9.53 Å². The zero-order valence-corrected chi connectivity index (χ0v) is 19.8. The van der Waals surface area contributed by atoms with Crippen molar-refractivity contribution in [2.75, 3.05) is 0 Å². The summed E-state index contributed by atoms with van der Waals surface area (Å²) in [5.74, 6) is -0.0217. The monoisotopic (exact) mass is 751 g/mol. The van der Waals surface area contributed by atoms with Gasteiger partial charge in [-0.15, -0.1) is 0 Å². The van der Waals surface area contributed by atoms with E-state index in [1.807, 2.05) is 30.3 Å². The number of cyclic esters (lactones) is 1. The number of rotatable bonds is 1. The highest BCUT2D eigenvalue weighted by atomic mass is 127. The van der Waals surface area contributed by atoms with Crippen molar-refractivity contribution in [2.24, 2.45) is 0 Å². The highest BCUT2D eigenvalue weighted by molar-refractivity contribution is 14.1. The Morgan fingerprint density at radius 3 is 2.04 bits per heavy atom. The Hall–Kier alpha value is 0.0600. The summed E-state index contributed by atoms with van der Waals surface area (Å²) in [6.45, 7) is 7.56. The molecule has 7 heteroatoms. The first-order valence-electron chi connectivity index (χ1n) is 6.23. The van der Waals surface area contributed by atoms with Crippen LogP contribution in [-0.2, 0) is 4.74 Å². The van der Waals surface area contributed by atoms with Gasteiger partial charge in [-0.3, -0.25) is 0 Å². The van der Waals surface area contributed by atoms with Gasteiger partial charge < -0.3 is 4.74 Å². The van der Waals surface area contributed by atoms with Crippen LogP contribution in [0.5, 0.6) is 0 Å². The molecular weight excluding hydrogens is 746 g/mol. The van der Waals surface area contributed by atoms with E-state index in [2.05, 4.69) is 95.2 Å². The van der Waals surface area contributed by atoms with Gasteiger partial charge in [0.1, 0.15) is 5.76 Å². The van der Waals surface area contributed by atoms with E-state index in [-0.39, 0.29) is 5.97 Å². The number of halogens is 4. The van der Waals surface area contributed by atoms with Gasteiger partial charge >= 0.3 is 5.97 Å². The number of hydrogen-bond donors (Lipinski definition) is 0. The Morgan fingerprint density at radius 2 is 1.48 bits per heavy atom. The third kappa shape index (κ3) is 3.04. The summed E-state index contributed by atoms with van der Waals surface area (Å²) >= 11 is 8.90. The molecule has 0 fully saturated rings. The molecule has 0 saturated carbocycles. The number of ether oxygens (including phenoxy) is 1. The molecule has 0 bridgehead atoms. The normalized spacial score (nSPS) is 15.0. The minimum absolute atomic E-state index is 0.364. The molecule has 1 aliphatic heterocycles. The molecule has 0 atom stereocenters. The molecule has 1 heterocycles. The minimum atomic E-state index is -0.385. The van der Waals surface area contributed by atoms with Crippen molar-refractivity contribution >= 4 is 108 Å². The van der Waals surface area contributed by atoms with Gasteiger partial charge in [0.25, 0.3) is 0 Å². The maximum atomic E-state index is 12.4. The van der Waals surface area contributed by atoms with Crippen LogP contribution in [0.1, 0.15) is 21.5 Å². The molecule has 2 aromatic carbocycles. The first-order valence-corrected chi connectivity index (χ1v) is 10.5. The largest absolute Gasteiger partial charge is 0.434 e. The van der Waals surface area contributed by atoms with Gasteiger partial charge in [0.2, 0.25) is 5.70 Å². The summed E-state index contributed by atoms with van der Waals surface area (Å²) in [4.78, 5) is 16.0. The zero-order valence-electron chi connectivity index (χ0n) is 11.2. The average Bonchev–Trinajstić information content (AvgIpc) is 2.90. The Labute approximate surface area is 187 Å². The SMILES string of the molecule is [C-]#[N+]C(=C1OC(=O)c2c(I)c(I)c(I)c(I)c21)c1ccccc1. The summed E-state index contributed by atoms with van der Waals surface area (Å²) in [6.07, 6.45) is 0. The van der Waals surface area contributed by atoms with Crippen LogP contribution in [0.3, 0.4) is 0 Å². The van der Waals surface area contributed by atoms with Crippen LogP contribution < -0.4 is 0 Å². The lowest BCUT2D eigenvalue weighted by atomic mass is 10.0. The highest BCUT2D eigenvalue weighted by Gasteiger charge is 2.36. The maximum absolute atomic E-state index is 12.4. The van der Waals surface area contributed by atoms with Crippen molar-refractivity contribution in [1.29, 1.82) is 0 Å². The summed E-state index contributed by atoms with van der Waals surface area (Å²) < 4.78 is 9.45. The summed E-state index contributed by atoms with van der Waals surface area (Å²) in [5.41, 5.74) is 2.41. The minimum Gasteiger partial charge on any atom is -0.434 e. The van der Waals surface area contributed by atoms with Gasteiger partial charge in [0.05, 0.1) is 12.1 Å². The molecule has 0 aliphatic carbocycles. The van der Waals surface area contributed by atoms with Gasteiger partial charge in [0, 0.05) is 19.8 Å². The van der Waals surface area contributed by atoms with Gasteiger partial charge in [-0.1, -0.05) is 30.3 Å². The van der Waals surface area contributed by atoms with Gasteiger partial charge in [-0.05, 0) is 95.9 Å². The second kappa shape index (κ2) is 7.12. The van der Waals surface area contributed by atoms with E-state index in [1.54, 1.807) is 0 Å². The fraction of sp³-hybridized carbons (Fsp3) is 0. The van der Waals surface area contributed by atoms with E-state index in [0.29, 0.717) is 17.0 Å². The second-order valence-electron chi connectivity index (χ2n) is 4.55. The summed E-state index contributed by atoms with van der Waals surface area (Å²) in [6, 6.07) is 9.32. The van der Waals surface area contributed by atoms with Crippen molar-refractivity contribution in [3.05, 3.63) is 72.7 Å². The lowest BCUT2D eigenvalue weighted by Crippen LogP contribution is -2.03. The summed E-state index contributed by atoms with van der Waals surface area (Å²) in [7, 11) is 0. The molecule has 0 spiro atoms. The van der Waals surface area contributed by atoms with Crippen LogP contribution in [0, 0.1) is 20.9 Å². The molecule has 3 nitrogen and oxygen atoms in total. The second-order valence-corrected chi connectivity index (χ2v) is 8.87. The van der Waals surface area contributed by atoms with Crippen molar-refractivity contribution in [3.63, 3.8) is 0 Å². The number of nitrogens with zero attached hydrogens (tertiary/aromatic N) is 1. The van der Waals surface area contributed by atoms with Crippen LogP contribution in [0.25, 0.3) is 16.3 Å². The number of esters is 1. The number of hydrogen-bond acceptors (Lipinski definition) is 2. The molecule has 0 amide bonds. The Balaban J connectivity index is 2.39. The van der Waals surface area contributed by atoms with Crippen LogP contribution in [0.15, 0.2) is 30.3 Å². The lowest BCUT2D eigenvalue weighted by molar-refractivity contribution is 0.0715. The van der Waals surface area contributed by atoms with Gasteiger partial charge in [-0.25, -0.2) is 9.64 Å². The molecule has 0 saturated heterocycles. The van der Waals surface area contributed by atoms with Crippen LogP contribution in [-0.4, -0.2) is 5.97 Å². The molecule has 0 unspecified atom stereocenters. The number of fused-ring (bicyclic) bond motifs is 1. The molecule has 114 valence electrons. The van der Waals surface area contributed by atoms with E-state index in [4.69, 9.17) is 11.3 Å². The number of benzene rings is 2. The standard InChI is InChI=1S/C16H5I4NO2/c1-21-14(7-5-3-2-4-6-7)15-8-9(16(22)23-15)11(18)13(20)12(19)10(8)17/h2-6H. The first-order chi connectivity index (χ1) is 11.0. The Morgan fingerprint density at radius 1 is 0.913 bits per heavy atom. The van der Waals surface area contributed by atoms with Crippen molar-refractivity contribution in [2.45, 2.75) is 0 Å². The van der Waals surface area contributed by atoms with E-state index < -0.39 is 0 Å². The molecule has 1 aliphatic rings. The van der Waals surface area contributed by atoms with Crippen LogP contribution in [0.4, 0.5) is 0 Å². The molecule has 0 N–H and O–H groups in total. The third-order valence-electron chi connectivity index (χ3n) is 3.27. The number of carbonyl (C=O) groups is 1. The van der Waals surface area contributed by atoms with Gasteiger partial charge in [-0.2, -0.15) is 0 Å². The quantitative estimate of drug-likeness (QED) is 0.118. The number of carbonyl (C=O) groups excluding carboxylic acids is 1. The highest BCUT2D eigenvalue weighted by Crippen LogP contribution is 2.44. The molecule has 2 aromatic rings. The first kappa shape index (κ1) is 17.9. The molecule has 0 radical (unpaired) electrons. The topological polar surface area (TPSA) is 30.7 Å². The third-order valence-corrected chi connectivity index (χ3v) is 10.7. The molecular formula is C16H5I4NO2. The predicted octanol–water partition coefficient (Wildman–Crippen LogP) is 6.02. The van der Waals surface area contributed by atoms with Crippen molar-refractivity contribution in [3.8, 4) is 0 Å². The average molecular weight is 751 g/mol. The smallest absolute Gasteiger partial charge is 0.344 e. The van der Waals surface area contributed by atoms with E-state index >= 15 is 0 Å². The van der Waals surface area contributed by atoms with Crippen molar-refractivity contribution in [1.82, 2.24) is 0 Å². The predicted molar refractivity (Wildman–Crippen MR) is 123 cm³/mol. The fourth-order valence-corrected chi connectivity index (χ4v) is 5.90. The van der Waals surface area contributed by atoms with Gasteiger partial charge in [0.15, 0.2) is 0 Å². The summed E-state index contributed by atoms with van der Waals surface area (Å²) in [5, 5.41) is 0. The molecule has 0 aromatic heterocycles. The van der Waals surface area contributed by atoms with E-state index in [0.717, 1.165) is 25.4 Å². The van der Waals surface area contributed by atoms with E-state index in [9.17, 15) is 4.79 Å². The molecule has 23 heavy (non-hydrogen) atoms. The Bertz CT molecular complexity index is 914. The fourth-order valence-electron chi connectivity index (χ4n) is 2.24. The Kier molecular flexibility index (Phi) is 5.53. The van der Waals surface area contributed by atoms with Crippen LogP contribution in [0.2, 0.25) is 0 Å². The maximum Gasteiger partial charge on any atom is 0.344 e. The lowest BCUT2D eigenvalue weighted by Gasteiger charge is -2.10. The van der Waals surface area contributed by atoms with E-state index in [1.165, 1.54) is 0 Å². The van der Waals surface area contributed by atoms with Crippen LogP contribution >= 0.6 is 90.4 Å².